The van der Waals surface area contributed by atoms with E-state index in [1.54, 1.807) is 21.6 Å². The van der Waals surface area contributed by atoms with Gasteiger partial charge in [-0.3, -0.25) is 0 Å². The number of nitrogens with two attached hydrogens (primary N) is 12. The first-order valence-corrected chi connectivity index (χ1v) is 37.0. The molecule has 6 saturated heterocycles. The number of rotatable bonds is 33. The van der Waals surface area contributed by atoms with Crippen molar-refractivity contribution in [2.45, 2.75) is 245 Å². The summed E-state index contributed by atoms with van der Waals surface area (Å²) in [5, 5.41) is 131. The van der Waals surface area contributed by atoms with Gasteiger partial charge in [-0.1, -0.05) is 21.6 Å². The fraction of sp³-hybridized carbons (Fsp3) is 1.00. The standard InChI is InChI=1S/C54H106N12O26S4/c55-11-21-33(69)37(73)27(63)49(81-21)87-43-19(61)9-17(59)31(67)47(43)91-53-41(77)45(89-51-29(65)39(75)35(71)23(13-57)83-51)25(85-53)15-93-5-1-79-3-7-95-96-8-4-80-2-6-94-16-26-46(90-52-30(66)40(76)36(72)24(14-58)84-52)42(78)54(86-26)92-48-32(68)18(60)10-20(62)44(48)88-50-28(64)38(74)34(70)22(12-56)82-50/h17-54,67-78H,1-16,55-66H2. The molecule has 36 N–H and O–H groups in total. The molecule has 0 aromatic rings. The van der Waals surface area contributed by atoms with Gasteiger partial charge in [-0.25, -0.2) is 0 Å². The first-order chi connectivity index (χ1) is 45.8. The van der Waals surface area contributed by atoms with Crippen LogP contribution < -0.4 is 68.8 Å². The van der Waals surface area contributed by atoms with Crippen LogP contribution in [0.5, 0.6) is 0 Å². The number of hydrogen-bond acceptors (Lipinski definition) is 42. The molecule has 2 aliphatic carbocycles. The van der Waals surface area contributed by atoms with Crippen LogP contribution in [-0.4, -0.2) is 381 Å². The lowest BCUT2D eigenvalue weighted by atomic mass is 9.84. The van der Waals surface area contributed by atoms with Crippen molar-refractivity contribution >= 4 is 45.1 Å². The molecule has 0 aromatic heterocycles. The first kappa shape index (κ1) is 81.5. The van der Waals surface area contributed by atoms with E-state index in [1.807, 2.05) is 0 Å². The molecule has 0 spiro atoms. The monoisotopic (exact) mass is 1470 g/mol. The topological polar surface area (TPSA) is 684 Å². The van der Waals surface area contributed by atoms with Gasteiger partial charge in [0.05, 0.1) is 75.0 Å². The summed E-state index contributed by atoms with van der Waals surface area (Å²) in [4.78, 5) is 0. The maximum atomic E-state index is 11.9. The van der Waals surface area contributed by atoms with Gasteiger partial charge in [0.15, 0.2) is 37.7 Å². The minimum absolute atomic E-state index is 0.0588. The number of aliphatic hydroxyl groups excluding tert-OH is 12. The minimum atomic E-state index is -1.59. The third-order valence-electron chi connectivity index (χ3n) is 18.4. The van der Waals surface area contributed by atoms with Gasteiger partial charge in [-0.05, 0) is 12.8 Å². The lowest BCUT2D eigenvalue weighted by Crippen LogP contribution is -2.68. The van der Waals surface area contributed by atoms with E-state index in [0.29, 0.717) is 49.4 Å². The van der Waals surface area contributed by atoms with Crippen LogP contribution in [0, 0.1) is 0 Å². The van der Waals surface area contributed by atoms with Crippen LogP contribution in [0.1, 0.15) is 12.8 Å². The van der Waals surface area contributed by atoms with Crippen molar-refractivity contribution in [1.82, 2.24) is 0 Å². The van der Waals surface area contributed by atoms with Crippen LogP contribution >= 0.6 is 45.1 Å². The van der Waals surface area contributed by atoms with E-state index >= 15 is 0 Å². The molecule has 42 heteroatoms. The zero-order chi connectivity index (χ0) is 70.0. The molecule has 0 amide bonds. The van der Waals surface area contributed by atoms with E-state index in [-0.39, 0.29) is 50.5 Å². The average molecular weight is 1470 g/mol. The van der Waals surface area contributed by atoms with E-state index in [4.69, 9.17) is 135 Å². The molecular formula is C54H106N12O26S4. The Morgan fingerprint density at radius 3 is 0.833 bits per heavy atom. The summed E-state index contributed by atoms with van der Waals surface area (Å²) in [7, 11) is 3.18. The molecule has 6 heterocycles. The van der Waals surface area contributed by atoms with Gasteiger partial charge in [-0.15, -0.1) is 0 Å². The van der Waals surface area contributed by atoms with Crippen LogP contribution in [0.4, 0.5) is 0 Å². The largest absolute Gasteiger partial charge is 0.389 e. The molecule has 8 rings (SSSR count). The van der Waals surface area contributed by atoms with Crippen LogP contribution in [0.3, 0.4) is 0 Å². The van der Waals surface area contributed by atoms with Crippen LogP contribution in [0.2, 0.25) is 0 Å². The number of thioether (sulfide) groups is 2. The molecule has 0 aromatic carbocycles. The lowest BCUT2D eigenvalue weighted by Gasteiger charge is -2.47. The maximum absolute atomic E-state index is 11.9. The molecule has 562 valence electrons. The van der Waals surface area contributed by atoms with Gasteiger partial charge in [0.1, 0.15) is 122 Å². The summed E-state index contributed by atoms with van der Waals surface area (Å²) in [6, 6.07) is -8.71. The Hall–Kier alpha value is -0.120. The average Bonchev–Trinajstić information content (AvgIpc) is 1.84. The molecule has 8 aliphatic rings. The van der Waals surface area contributed by atoms with E-state index in [0.717, 1.165) is 0 Å². The maximum Gasteiger partial charge on any atom is 0.187 e. The Kier molecular flexibility index (Phi) is 32.5. The van der Waals surface area contributed by atoms with Crippen molar-refractivity contribution in [3.05, 3.63) is 0 Å². The second-order valence-electron chi connectivity index (χ2n) is 25.1. The first-order valence-electron chi connectivity index (χ1n) is 32.2. The Morgan fingerprint density at radius 1 is 0.281 bits per heavy atom. The van der Waals surface area contributed by atoms with Gasteiger partial charge < -0.3 is 196 Å². The summed E-state index contributed by atoms with van der Waals surface area (Å²) in [6.45, 7) is 0.744. The molecule has 38 atom stereocenters. The van der Waals surface area contributed by atoms with Gasteiger partial charge >= 0.3 is 0 Å². The molecule has 0 bridgehead atoms. The third kappa shape index (κ3) is 19.7. The second kappa shape index (κ2) is 38.2. The van der Waals surface area contributed by atoms with E-state index in [1.165, 1.54) is 23.5 Å². The minimum Gasteiger partial charge on any atom is -0.389 e. The fourth-order valence-electron chi connectivity index (χ4n) is 12.6. The van der Waals surface area contributed by atoms with Gasteiger partial charge in [0.2, 0.25) is 0 Å². The highest BCUT2D eigenvalue weighted by atomic mass is 33.1. The van der Waals surface area contributed by atoms with Crippen LogP contribution in [-0.2, 0) is 66.3 Å². The molecule has 2 saturated carbocycles. The predicted molar refractivity (Wildman–Crippen MR) is 344 cm³/mol. The fourth-order valence-corrected chi connectivity index (χ4v) is 16.1. The SMILES string of the molecule is NCC1OC(OC2C(CSCCOCCSSCCOCCSCC3OC(OC4C(O)C(N)CC(N)C4OC4OC(CN)C(O)C(O)C4N)C(O)C3OC3OC(CN)C(O)C(O)C3N)OC(OC3C(O)C(N)CC(N)C3OC3OC(CN)C(O)C(O)C3N)C2O)C(N)C(O)C1O. The summed E-state index contributed by atoms with van der Waals surface area (Å²) in [5.74, 6) is 2.64. The quantitative estimate of drug-likeness (QED) is 0.0214. The van der Waals surface area contributed by atoms with Crippen molar-refractivity contribution in [3.63, 3.8) is 0 Å². The highest BCUT2D eigenvalue weighted by Gasteiger charge is 2.57. The van der Waals surface area contributed by atoms with Gasteiger partial charge in [0.25, 0.3) is 0 Å². The molecule has 38 unspecified atom stereocenters. The van der Waals surface area contributed by atoms with E-state index < -0.39 is 233 Å². The van der Waals surface area contributed by atoms with Crippen molar-refractivity contribution in [1.29, 1.82) is 0 Å². The Balaban J connectivity index is 0.772. The van der Waals surface area contributed by atoms with Crippen molar-refractivity contribution < 1.29 is 128 Å². The van der Waals surface area contributed by atoms with E-state index in [2.05, 4.69) is 0 Å². The highest BCUT2D eigenvalue weighted by molar-refractivity contribution is 8.76. The molecule has 0 radical (unpaired) electrons. The molecule has 96 heavy (non-hydrogen) atoms. The normalized spacial score (nSPS) is 48.8. The number of ether oxygens (including phenoxy) is 14. The van der Waals surface area contributed by atoms with Gasteiger partial charge in [0, 0.05) is 84.9 Å². The Labute approximate surface area is 571 Å². The molecular weight excluding hydrogens is 1360 g/mol. The second-order valence-corrected chi connectivity index (χ2v) is 30.1. The zero-order valence-corrected chi connectivity index (χ0v) is 56.2. The highest BCUT2D eigenvalue weighted by Crippen LogP contribution is 2.39. The van der Waals surface area contributed by atoms with Crippen LogP contribution in [0.25, 0.3) is 0 Å². The lowest BCUT2D eigenvalue weighted by molar-refractivity contribution is -0.306. The van der Waals surface area contributed by atoms with Crippen molar-refractivity contribution in [2.24, 2.45) is 68.8 Å². The summed E-state index contributed by atoms with van der Waals surface area (Å²) >= 11 is 2.81. The third-order valence-corrected chi connectivity index (χ3v) is 22.8. The van der Waals surface area contributed by atoms with Crippen LogP contribution in [0.15, 0.2) is 0 Å². The number of aliphatic hydroxyl groups is 12. The number of hydrogen-bond donors (Lipinski definition) is 24. The predicted octanol–water partition coefficient (Wildman–Crippen LogP) is -13.9. The zero-order valence-electron chi connectivity index (χ0n) is 52.9. The Morgan fingerprint density at radius 2 is 0.542 bits per heavy atom. The summed E-state index contributed by atoms with van der Waals surface area (Å²) < 4.78 is 85.0. The molecule has 8 fully saturated rings. The van der Waals surface area contributed by atoms with Crippen molar-refractivity contribution in [3.8, 4) is 0 Å². The molecule has 38 nitrogen and oxygen atoms in total. The smallest absolute Gasteiger partial charge is 0.187 e. The van der Waals surface area contributed by atoms with Gasteiger partial charge in [-0.2, -0.15) is 23.5 Å². The van der Waals surface area contributed by atoms with E-state index in [9.17, 15) is 61.3 Å². The molecule has 6 aliphatic heterocycles. The van der Waals surface area contributed by atoms with Crippen molar-refractivity contribution in [2.75, 3.05) is 87.1 Å². The summed E-state index contributed by atoms with van der Waals surface area (Å²) in [6.07, 6.45) is -39.8. The Bertz CT molecular complexity index is 2130. The summed E-state index contributed by atoms with van der Waals surface area (Å²) in [5.41, 5.74) is 73.7.